The van der Waals surface area contributed by atoms with Gasteiger partial charge in [0.25, 0.3) is 5.91 Å². The molecule has 2 amide bonds. The Balaban J connectivity index is 1.36. The number of ether oxygens (including phenoxy) is 3. The second-order valence-electron chi connectivity index (χ2n) is 9.66. The summed E-state index contributed by atoms with van der Waals surface area (Å²) in [5.41, 5.74) is 2.36. The topological polar surface area (TPSA) is 77.5 Å². The van der Waals surface area contributed by atoms with Crippen molar-refractivity contribution in [2.75, 3.05) is 25.2 Å². The van der Waals surface area contributed by atoms with Crippen LogP contribution in [-0.2, 0) is 21.0 Å². The molecule has 2 heterocycles. The molecular formula is C31H34N2O6. The smallest absolute Gasteiger partial charge is 0.265 e. The van der Waals surface area contributed by atoms with E-state index in [1.54, 1.807) is 36.4 Å². The van der Waals surface area contributed by atoms with Crippen LogP contribution < -0.4 is 19.1 Å². The first-order chi connectivity index (χ1) is 19.0. The molecule has 2 aliphatic rings. The predicted octanol–water partition coefficient (Wildman–Crippen LogP) is 5.32. The predicted molar refractivity (Wildman–Crippen MR) is 147 cm³/mol. The molecule has 3 aromatic carbocycles. The van der Waals surface area contributed by atoms with Crippen LogP contribution in [0.5, 0.6) is 17.2 Å². The van der Waals surface area contributed by atoms with Gasteiger partial charge in [-0.2, -0.15) is 5.06 Å². The van der Waals surface area contributed by atoms with Crippen molar-refractivity contribution in [3.63, 3.8) is 0 Å². The fourth-order valence-corrected chi connectivity index (χ4v) is 5.08. The molecule has 0 unspecified atom stereocenters. The third-order valence-corrected chi connectivity index (χ3v) is 7.02. The molecule has 0 spiro atoms. The van der Waals surface area contributed by atoms with Gasteiger partial charge in [-0.15, -0.1) is 0 Å². The van der Waals surface area contributed by atoms with E-state index in [4.69, 9.17) is 19.0 Å². The van der Waals surface area contributed by atoms with Crippen molar-refractivity contribution in [3.8, 4) is 17.2 Å². The van der Waals surface area contributed by atoms with Crippen LogP contribution in [0, 0.1) is 5.92 Å². The summed E-state index contributed by atoms with van der Waals surface area (Å²) in [4.78, 5) is 34.2. The maximum atomic E-state index is 13.7. The standard InChI is InChI=1S/C31H34N2O6/c1-4-6-18-37-24-15-13-23(14-16-24)33-30(34)27-28(32(3)39-29(27)31(33)35)22-12-17-25(26(19-22)36-5-2)38-20-21-10-8-7-9-11-21/h7-17,19,27-29H,4-6,18,20H2,1-3H3/t27-,28-,29-/m0/s1. The normalized spacial score (nSPS) is 20.8. The molecule has 0 bridgehead atoms. The van der Waals surface area contributed by atoms with Crippen LogP contribution in [0.25, 0.3) is 0 Å². The number of hydrogen-bond acceptors (Lipinski definition) is 7. The van der Waals surface area contributed by atoms with E-state index in [1.807, 2.05) is 55.5 Å². The molecule has 0 N–H and O–H groups in total. The van der Waals surface area contributed by atoms with Gasteiger partial charge in [-0.1, -0.05) is 49.7 Å². The summed E-state index contributed by atoms with van der Waals surface area (Å²) in [5, 5.41) is 1.60. The summed E-state index contributed by atoms with van der Waals surface area (Å²) in [5.74, 6) is 0.550. The van der Waals surface area contributed by atoms with Crippen molar-refractivity contribution < 1.29 is 28.6 Å². The Morgan fingerprint density at radius 2 is 1.62 bits per heavy atom. The Morgan fingerprint density at radius 1 is 0.846 bits per heavy atom. The van der Waals surface area contributed by atoms with Crippen molar-refractivity contribution >= 4 is 17.5 Å². The van der Waals surface area contributed by atoms with Crippen molar-refractivity contribution in [3.05, 3.63) is 83.9 Å². The number of carbonyl (C=O) groups excluding carboxylic acids is 2. The molecule has 2 fully saturated rings. The van der Waals surface area contributed by atoms with Gasteiger partial charge in [0.1, 0.15) is 12.4 Å². The zero-order valence-corrected chi connectivity index (χ0v) is 22.5. The number of rotatable bonds is 11. The highest BCUT2D eigenvalue weighted by Gasteiger charge is 2.59. The number of fused-ring (bicyclic) bond motifs is 1. The second kappa shape index (κ2) is 11.9. The summed E-state index contributed by atoms with van der Waals surface area (Å²) in [6.45, 7) is 5.50. The summed E-state index contributed by atoms with van der Waals surface area (Å²) in [7, 11) is 1.75. The van der Waals surface area contributed by atoms with Gasteiger partial charge in [0, 0.05) is 7.05 Å². The van der Waals surface area contributed by atoms with Gasteiger partial charge in [0.05, 0.1) is 30.9 Å². The first-order valence-electron chi connectivity index (χ1n) is 13.5. The summed E-state index contributed by atoms with van der Waals surface area (Å²) < 4.78 is 17.7. The number of nitrogens with zero attached hydrogens (tertiary/aromatic N) is 2. The minimum Gasteiger partial charge on any atom is -0.494 e. The zero-order valence-electron chi connectivity index (χ0n) is 22.5. The summed E-state index contributed by atoms with van der Waals surface area (Å²) in [6.07, 6.45) is 1.12. The van der Waals surface area contributed by atoms with Gasteiger partial charge in [0.15, 0.2) is 17.6 Å². The lowest BCUT2D eigenvalue weighted by Gasteiger charge is -2.25. The first-order valence-corrected chi connectivity index (χ1v) is 13.5. The molecule has 3 atom stereocenters. The second-order valence-corrected chi connectivity index (χ2v) is 9.66. The van der Waals surface area contributed by atoms with E-state index in [0.717, 1.165) is 24.0 Å². The Hall–Kier alpha value is -3.88. The number of amides is 2. The van der Waals surface area contributed by atoms with E-state index >= 15 is 0 Å². The van der Waals surface area contributed by atoms with E-state index in [2.05, 4.69) is 6.92 Å². The molecule has 2 saturated heterocycles. The van der Waals surface area contributed by atoms with Gasteiger partial charge in [-0.05, 0) is 60.9 Å². The van der Waals surface area contributed by atoms with Gasteiger partial charge >= 0.3 is 0 Å². The fraction of sp³-hybridized carbons (Fsp3) is 0.355. The first kappa shape index (κ1) is 26.7. The molecule has 39 heavy (non-hydrogen) atoms. The average Bonchev–Trinajstić information content (AvgIpc) is 3.42. The number of carbonyl (C=O) groups is 2. The molecule has 0 aromatic heterocycles. The quantitative estimate of drug-likeness (QED) is 0.245. The highest BCUT2D eigenvalue weighted by molar-refractivity contribution is 6.23. The third kappa shape index (κ3) is 5.48. The number of imide groups is 1. The van der Waals surface area contributed by atoms with Gasteiger partial charge in [-0.3, -0.25) is 14.4 Å². The molecule has 204 valence electrons. The molecule has 0 aliphatic carbocycles. The summed E-state index contributed by atoms with van der Waals surface area (Å²) in [6, 6.07) is 22.1. The van der Waals surface area contributed by atoms with Crippen molar-refractivity contribution in [2.24, 2.45) is 5.92 Å². The van der Waals surface area contributed by atoms with Crippen LogP contribution in [-0.4, -0.2) is 43.2 Å². The van der Waals surface area contributed by atoms with Crippen molar-refractivity contribution in [2.45, 2.75) is 45.4 Å². The monoisotopic (exact) mass is 530 g/mol. The molecule has 8 heteroatoms. The summed E-state index contributed by atoms with van der Waals surface area (Å²) >= 11 is 0. The molecule has 0 saturated carbocycles. The fourth-order valence-electron chi connectivity index (χ4n) is 5.08. The maximum Gasteiger partial charge on any atom is 0.265 e. The Morgan fingerprint density at radius 3 is 2.33 bits per heavy atom. The van der Waals surface area contributed by atoms with Crippen LogP contribution in [0.15, 0.2) is 72.8 Å². The van der Waals surface area contributed by atoms with Crippen LogP contribution in [0.4, 0.5) is 5.69 Å². The highest BCUT2D eigenvalue weighted by Crippen LogP contribution is 2.46. The molecule has 8 nitrogen and oxygen atoms in total. The van der Waals surface area contributed by atoms with Gasteiger partial charge in [-0.25, -0.2) is 4.90 Å². The van der Waals surface area contributed by atoms with Crippen LogP contribution in [0.2, 0.25) is 0 Å². The minimum atomic E-state index is -0.891. The highest BCUT2D eigenvalue weighted by atomic mass is 16.7. The van der Waals surface area contributed by atoms with Crippen molar-refractivity contribution in [1.82, 2.24) is 5.06 Å². The van der Waals surface area contributed by atoms with E-state index in [0.29, 0.717) is 42.8 Å². The zero-order chi connectivity index (χ0) is 27.4. The van der Waals surface area contributed by atoms with Crippen LogP contribution in [0.1, 0.15) is 43.9 Å². The SMILES string of the molecule is CCCCOc1ccc(N2C(=O)[C@@H]3[C@H](ON(C)[C@H]3c3ccc(OCc4ccccc4)c(OCC)c3)C2=O)cc1. The van der Waals surface area contributed by atoms with E-state index < -0.39 is 18.1 Å². The minimum absolute atomic E-state index is 0.290. The lowest BCUT2D eigenvalue weighted by atomic mass is 9.91. The number of hydroxylamine groups is 2. The number of hydrogen-bond donors (Lipinski definition) is 0. The lowest BCUT2D eigenvalue weighted by Crippen LogP contribution is -2.36. The van der Waals surface area contributed by atoms with Crippen LogP contribution in [0.3, 0.4) is 0 Å². The Kier molecular flexibility index (Phi) is 8.14. The molecule has 2 aliphatic heterocycles. The van der Waals surface area contributed by atoms with E-state index in [-0.39, 0.29) is 11.8 Å². The molecule has 0 radical (unpaired) electrons. The van der Waals surface area contributed by atoms with E-state index in [1.165, 1.54) is 4.90 Å². The van der Waals surface area contributed by atoms with Crippen LogP contribution >= 0.6 is 0 Å². The molecule has 3 aromatic rings. The number of anilines is 1. The third-order valence-electron chi connectivity index (χ3n) is 7.02. The molecule has 5 rings (SSSR count). The number of unbranched alkanes of at least 4 members (excludes halogenated alkanes) is 1. The Bertz CT molecular complexity index is 1300. The Labute approximate surface area is 229 Å². The van der Waals surface area contributed by atoms with Gasteiger partial charge < -0.3 is 14.2 Å². The van der Waals surface area contributed by atoms with Crippen molar-refractivity contribution in [1.29, 1.82) is 0 Å². The average molecular weight is 531 g/mol. The van der Waals surface area contributed by atoms with E-state index in [9.17, 15) is 9.59 Å². The largest absolute Gasteiger partial charge is 0.494 e. The number of benzene rings is 3. The lowest BCUT2D eigenvalue weighted by molar-refractivity contribution is -0.160. The van der Waals surface area contributed by atoms with Gasteiger partial charge in [0.2, 0.25) is 5.91 Å². The maximum absolute atomic E-state index is 13.7. The molecular weight excluding hydrogens is 496 g/mol.